The first-order valence-electron chi connectivity index (χ1n) is 12.7. The highest BCUT2D eigenvalue weighted by Crippen LogP contribution is 2.50. The highest BCUT2D eigenvalue weighted by Gasteiger charge is 2.45. The molecule has 0 aromatic heterocycles. The SMILES string of the molecule is CC(CN1C[C@@](C)(CCc2ccc(C(F)(F)F)cc2)CC[C@H]1C)C1(c2ccc(O)cc2)CCC1. The Morgan fingerprint density at radius 2 is 1.68 bits per heavy atom. The Balaban J connectivity index is 1.39. The molecule has 1 N–H and O–H groups in total. The number of benzene rings is 2. The van der Waals surface area contributed by atoms with E-state index in [0.717, 1.165) is 44.3 Å². The van der Waals surface area contributed by atoms with E-state index in [4.69, 9.17) is 0 Å². The summed E-state index contributed by atoms with van der Waals surface area (Å²) in [6.07, 6.45) is 3.48. The molecule has 0 radical (unpaired) electrons. The summed E-state index contributed by atoms with van der Waals surface area (Å²) in [4.78, 5) is 2.65. The van der Waals surface area contributed by atoms with Crippen molar-refractivity contribution in [2.45, 2.75) is 83.4 Å². The van der Waals surface area contributed by atoms with Gasteiger partial charge >= 0.3 is 6.18 Å². The normalized spacial score (nSPS) is 26.1. The molecule has 2 aliphatic rings. The number of aromatic hydroxyl groups is 1. The molecule has 2 aromatic carbocycles. The number of hydrogen-bond acceptors (Lipinski definition) is 2. The zero-order valence-corrected chi connectivity index (χ0v) is 20.7. The van der Waals surface area contributed by atoms with E-state index < -0.39 is 11.7 Å². The van der Waals surface area contributed by atoms with Gasteiger partial charge < -0.3 is 5.11 Å². The van der Waals surface area contributed by atoms with Crippen LogP contribution in [-0.4, -0.2) is 29.1 Å². The third kappa shape index (κ3) is 5.30. The zero-order chi connectivity index (χ0) is 24.6. The number of phenols is 1. The molecule has 1 saturated heterocycles. The Kier molecular flexibility index (Phi) is 7.06. The van der Waals surface area contributed by atoms with Crippen molar-refractivity contribution in [3.05, 3.63) is 65.2 Å². The van der Waals surface area contributed by atoms with Crippen molar-refractivity contribution in [1.29, 1.82) is 0 Å². The minimum atomic E-state index is -4.28. The van der Waals surface area contributed by atoms with Crippen LogP contribution in [0.4, 0.5) is 13.2 Å². The van der Waals surface area contributed by atoms with Crippen molar-refractivity contribution < 1.29 is 18.3 Å². The van der Waals surface area contributed by atoms with Crippen LogP contribution in [0.5, 0.6) is 5.75 Å². The smallest absolute Gasteiger partial charge is 0.416 e. The molecule has 5 heteroatoms. The highest BCUT2D eigenvalue weighted by atomic mass is 19.4. The molecule has 1 saturated carbocycles. The molecule has 2 aromatic rings. The summed E-state index contributed by atoms with van der Waals surface area (Å²) in [6, 6.07) is 14.0. The maximum atomic E-state index is 12.9. The average molecular weight is 474 g/mol. The molecule has 1 aliphatic carbocycles. The predicted octanol–water partition coefficient (Wildman–Crippen LogP) is 7.59. The fourth-order valence-corrected chi connectivity index (χ4v) is 6.16. The van der Waals surface area contributed by atoms with Crippen LogP contribution in [0.3, 0.4) is 0 Å². The summed E-state index contributed by atoms with van der Waals surface area (Å²) in [5.41, 5.74) is 2.11. The summed E-state index contributed by atoms with van der Waals surface area (Å²) in [6.45, 7) is 9.14. The molecule has 0 spiro atoms. The van der Waals surface area contributed by atoms with Crippen molar-refractivity contribution in [2.75, 3.05) is 13.1 Å². The molecule has 4 rings (SSSR count). The first-order chi connectivity index (χ1) is 16.0. The quantitative estimate of drug-likeness (QED) is 0.448. The van der Waals surface area contributed by atoms with Gasteiger partial charge in [0.2, 0.25) is 0 Å². The maximum Gasteiger partial charge on any atom is 0.416 e. The summed E-state index contributed by atoms with van der Waals surface area (Å²) in [5.74, 6) is 0.838. The lowest BCUT2D eigenvalue weighted by atomic mass is 9.57. The molecule has 34 heavy (non-hydrogen) atoms. The van der Waals surface area contributed by atoms with E-state index in [1.807, 2.05) is 12.1 Å². The lowest BCUT2D eigenvalue weighted by Gasteiger charge is -2.51. The van der Waals surface area contributed by atoms with Gasteiger partial charge in [0.05, 0.1) is 5.56 Å². The van der Waals surface area contributed by atoms with E-state index in [1.54, 1.807) is 12.1 Å². The molecule has 2 fully saturated rings. The number of piperidine rings is 1. The van der Waals surface area contributed by atoms with Crippen LogP contribution in [0.1, 0.15) is 76.0 Å². The molecule has 1 unspecified atom stereocenters. The maximum absolute atomic E-state index is 12.9. The second kappa shape index (κ2) is 9.56. The third-order valence-electron chi connectivity index (χ3n) is 8.81. The number of likely N-dealkylation sites (tertiary alicyclic amines) is 1. The Bertz CT molecular complexity index is 949. The van der Waals surface area contributed by atoms with Gasteiger partial charge in [-0.15, -0.1) is 0 Å². The molecular weight excluding hydrogens is 435 g/mol. The molecule has 0 bridgehead atoms. The molecule has 1 aliphatic heterocycles. The largest absolute Gasteiger partial charge is 0.508 e. The number of rotatable bonds is 7. The van der Waals surface area contributed by atoms with Gasteiger partial charge in [-0.3, -0.25) is 4.90 Å². The highest BCUT2D eigenvalue weighted by molar-refractivity contribution is 5.34. The Morgan fingerprint density at radius 3 is 2.24 bits per heavy atom. The number of halogens is 3. The first-order valence-corrected chi connectivity index (χ1v) is 12.7. The summed E-state index contributed by atoms with van der Waals surface area (Å²) < 4.78 is 38.6. The van der Waals surface area contributed by atoms with E-state index in [1.165, 1.54) is 37.0 Å². The number of aryl methyl sites for hydroxylation is 1. The van der Waals surface area contributed by atoms with Crippen molar-refractivity contribution in [3.8, 4) is 5.75 Å². The number of nitrogens with zero attached hydrogens (tertiary/aromatic N) is 1. The van der Waals surface area contributed by atoms with Crippen LogP contribution in [0.2, 0.25) is 0 Å². The molecule has 0 amide bonds. The van der Waals surface area contributed by atoms with Gasteiger partial charge in [0.15, 0.2) is 0 Å². The van der Waals surface area contributed by atoms with E-state index in [2.05, 4.69) is 37.8 Å². The molecule has 2 nitrogen and oxygen atoms in total. The number of hydrogen-bond donors (Lipinski definition) is 1. The fraction of sp³-hybridized carbons (Fsp3) is 0.586. The Morgan fingerprint density at radius 1 is 1.03 bits per heavy atom. The lowest BCUT2D eigenvalue weighted by molar-refractivity contribution is -0.137. The standard InChI is InChI=1S/C29H38F3NO/c1-21(28(15-4-16-28)24-9-11-26(34)12-10-24)19-33-20-27(3,17-13-22(33)2)18-14-23-5-7-25(8-6-23)29(30,31)32/h5-12,21-22,34H,4,13-20H2,1-3H3/t21?,22-,27-/m1/s1. The minimum absolute atomic E-state index is 0.167. The third-order valence-corrected chi connectivity index (χ3v) is 8.81. The van der Waals surface area contributed by atoms with E-state index in [0.29, 0.717) is 17.7 Å². The summed E-state index contributed by atoms with van der Waals surface area (Å²) in [5, 5.41) is 9.73. The van der Waals surface area contributed by atoms with Gasteiger partial charge in [0, 0.05) is 19.1 Å². The molecule has 186 valence electrons. The van der Waals surface area contributed by atoms with Crippen LogP contribution >= 0.6 is 0 Å². The van der Waals surface area contributed by atoms with Crippen LogP contribution in [0.15, 0.2) is 48.5 Å². The van der Waals surface area contributed by atoms with E-state index in [-0.39, 0.29) is 10.8 Å². The zero-order valence-electron chi connectivity index (χ0n) is 20.7. The van der Waals surface area contributed by atoms with Crippen molar-refractivity contribution in [3.63, 3.8) is 0 Å². The number of phenolic OH excluding ortho intramolecular Hbond substituents is 1. The van der Waals surface area contributed by atoms with Gasteiger partial charge in [0.1, 0.15) is 5.75 Å². The first kappa shape index (κ1) is 25.1. The molecule has 3 atom stereocenters. The van der Waals surface area contributed by atoms with E-state index in [9.17, 15) is 18.3 Å². The predicted molar refractivity (Wildman–Crippen MR) is 131 cm³/mol. The topological polar surface area (TPSA) is 23.5 Å². The van der Waals surface area contributed by atoms with Crippen molar-refractivity contribution >= 4 is 0 Å². The van der Waals surface area contributed by atoms with Crippen LogP contribution in [0.25, 0.3) is 0 Å². The average Bonchev–Trinajstić information content (AvgIpc) is 2.75. The minimum Gasteiger partial charge on any atom is -0.508 e. The van der Waals surface area contributed by atoms with Crippen LogP contribution in [0, 0.1) is 11.3 Å². The monoisotopic (exact) mass is 473 g/mol. The number of alkyl halides is 3. The summed E-state index contributed by atoms with van der Waals surface area (Å²) >= 11 is 0. The van der Waals surface area contributed by atoms with Gasteiger partial charge in [0.25, 0.3) is 0 Å². The lowest BCUT2D eigenvalue weighted by Crippen LogP contribution is -2.52. The van der Waals surface area contributed by atoms with Crippen molar-refractivity contribution in [2.24, 2.45) is 11.3 Å². The summed E-state index contributed by atoms with van der Waals surface area (Å²) in [7, 11) is 0. The second-order valence-electron chi connectivity index (χ2n) is 11.3. The van der Waals surface area contributed by atoms with Gasteiger partial charge in [-0.25, -0.2) is 0 Å². The fourth-order valence-electron chi connectivity index (χ4n) is 6.16. The van der Waals surface area contributed by atoms with Gasteiger partial charge in [-0.2, -0.15) is 13.2 Å². The van der Waals surface area contributed by atoms with Gasteiger partial charge in [-0.05, 0) is 97.6 Å². The Labute approximate surface area is 202 Å². The van der Waals surface area contributed by atoms with Crippen LogP contribution < -0.4 is 0 Å². The van der Waals surface area contributed by atoms with Crippen molar-refractivity contribution in [1.82, 2.24) is 4.90 Å². The molecule has 1 heterocycles. The van der Waals surface area contributed by atoms with Crippen LogP contribution in [-0.2, 0) is 18.0 Å². The second-order valence-corrected chi connectivity index (χ2v) is 11.3. The Hall–Kier alpha value is -2.01. The van der Waals surface area contributed by atoms with E-state index >= 15 is 0 Å². The van der Waals surface area contributed by atoms with Gasteiger partial charge in [-0.1, -0.05) is 44.5 Å². The molecular formula is C29H38F3NO.